The SMILES string of the molecule is CN(C)C(CNC1CCN(CC(F)(F)F)CC1)c1ccco1. The van der Waals surface area contributed by atoms with Gasteiger partial charge in [0, 0.05) is 12.6 Å². The van der Waals surface area contributed by atoms with Gasteiger partial charge in [-0.2, -0.15) is 13.2 Å². The van der Waals surface area contributed by atoms with Crippen molar-refractivity contribution >= 4 is 0 Å². The molecule has 0 amide bonds. The van der Waals surface area contributed by atoms with Crippen LogP contribution in [0, 0.1) is 0 Å². The van der Waals surface area contributed by atoms with Gasteiger partial charge in [0.2, 0.25) is 0 Å². The highest BCUT2D eigenvalue weighted by Gasteiger charge is 2.32. The maximum atomic E-state index is 12.4. The van der Waals surface area contributed by atoms with E-state index >= 15 is 0 Å². The van der Waals surface area contributed by atoms with Gasteiger partial charge in [-0.25, -0.2) is 0 Å². The highest BCUT2D eigenvalue weighted by Crippen LogP contribution is 2.21. The average molecular weight is 319 g/mol. The number of piperidine rings is 1. The van der Waals surface area contributed by atoms with Crippen LogP contribution in [0.1, 0.15) is 24.6 Å². The zero-order valence-electron chi connectivity index (χ0n) is 13.1. The molecule has 1 aromatic rings. The van der Waals surface area contributed by atoms with Crippen molar-refractivity contribution in [3.63, 3.8) is 0 Å². The number of alkyl halides is 3. The maximum Gasteiger partial charge on any atom is 0.401 e. The Kier molecular flexibility index (Phi) is 5.88. The number of nitrogens with zero attached hydrogens (tertiary/aromatic N) is 2. The fourth-order valence-corrected chi connectivity index (χ4v) is 2.85. The largest absolute Gasteiger partial charge is 0.468 e. The molecule has 1 fully saturated rings. The van der Waals surface area contributed by atoms with Gasteiger partial charge >= 0.3 is 6.18 Å². The van der Waals surface area contributed by atoms with Gasteiger partial charge in [-0.15, -0.1) is 0 Å². The summed E-state index contributed by atoms with van der Waals surface area (Å²) in [7, 11) is 3.97. The third-order valence-corrected chi connectivity index (χ3v) is 4.09. The molecular weight excluding hydrogens is 295 g/mol. The van der Waals surface area contributed by atoms with Crippen LogP contribution in [0.4, 0.5) is 13.2 Å². The lowest BCUT2D eigenvalue weighted by Crippen LogP contribution is -2.47. The Hall–Kier alpha value is -1.05. The zero-order chi connectivity index (χ0) is 16.2. The number of halogens is 3. The van der Waals surface area contributed by atoms with Crippen molar-refractivity contribution in [3.05, 3.63) is 24.2 Å². The van der Waals surface area contributed by atoms with E-state index in [9.17, 15) is 13.2 Å². The van der Waals surface area contributed by atoms with E-state index in [0.29, 0.717) is 13.1 Å². The van der Waals surface area contributed by atoms with Crippen LogP contribution in [0.5, 0.6) is 0 Å². The van der Waals surface area contributed by atoms with Crippen LogP contribution in [0.2, 0.25) is 0 Å². The highest BCUT2D eigenvalue weighted by molar-refractivity contribution is 5.05. The molecule has 2 heterocycles. The summed E-state index contributed by atoms with van der Waals surface area (Å²) in [5.74, 6) is 0.895. The lowest BCUT2D eigenvalue weighted by molar-refractivity contribution is -0.148. The second kappa shape index (κ2) is 7.48. The fourth-order valence-electron chi connectivity index (χ4n) is 2.85. The van der Waals surface area contributed by atoms with Gasteiger partial charge in [0.1, 0.15) is 5.76 Å². The number of furan rings is 1. The van der Waals surface area contributed by atoms with Gasteiger partial charge in [0.15, 0.2) is 0 Å². The molecule has 1 N–H and O–H groups in total. The molecule has 0 radical (unpaired) electrons. The minimum atomic E-state index is -4.10. The van der Waals surface area contributed by atoms with Crippen molar-refractivity contribution in [2.75, 3.05) is 40.3 Å². The van der Waals surface area contributed by atoms with E-state index in [-0.39, 0.29) is 12.1 Å². The van der Waals surface area contributed by atoms with Gasteiger partial charge < -0.3 is 9.73 Å². The predicted octanol–water partition coefficient (Wildman–Crippen LogP) is 2.50. The van der Waals surface area contributed by atoms with Crippen molar-refractivity contribution in [1.82, 2.24) is 15.1 Å². The Morgan fingerprint density at radius 2 is 2.05 bits per heavy atom. The molecule has 1 aliphatic heterocycles. The molecule has 1 atom stereocenters. The number of nitrogens with one attached hydrogen (secondary N) is 1. The first-order valence-electron chi connectivity index (χ1n) is 7.57. The zero-order valence-corrected chi connectivity index (χ0v) is 13.1. The summed E-state index contributed by atoms with van der Waals surface area (Å²) in [6.45, 7) is 0.909. The number of hydrogen-bond acceptors (Lipinski definition) is 4. The fraction of sp³-hybridized carbons (Fsp3) is 0.733. The van der Waals surface area contributed by atoms with Crippen molar-refractivity contribution in [3.8, 4) is 0 Å². The number of hydrogen-bond donors (Lipinski definition) is 1. The first-order chi connectivity index (χ1) is 10.3. The minimum Gasteiger partial charge on any atom is -0.468 e. The summed E-state index contributed by atoms with van der Waals surface area (Å²) in [5, 5.41) is 3.47. The Bertz CT molecular complexity index is 426. The van der Waals surface area contributed by atoms with Gasteiger partial charge in [0.25, 0.3) is 0 Å². The van der Waals surface area contributed by atoms with Crippen molar-refractivity contribution in [1.29, 1.82) is 0 Å². The molecule has 1 aromatic heterocycles. The molecule has 4 nitrogen and oxygen atoms in total. The Balaban J connectivity index is 1.76. The van der Waals surface area contributed by atoms with Crippen LogP contribution >= 0.6 is 0 Å². The number of likely N-dealkylation sites (N-methyl/N-ethyl adjacent to an activating group) is 1. The number of rotatable bonds is 6. The molecule has 126 valence electrons. The van der Waals surface area contributed by atoms with Crippen LogP contribution in [0.15, 0.2) is 22.8 Å². The molecule has 1 unspecified atom stereocenters. The third-order valence-electron chi connectivity index (χ3n) is 4.09. The lowest BCUT2D eigenvalue weighted by atomic mass is 10.0. The summed E-state index contributed by atoms with van der Waals surface area (Å²) in [5.41, 5.74) is 0. The number of likely N-dealkylation sites (tertiary alicyclic amines) is 1. The summed E-state index contributed by atoms with van der Waals surface area (Å²) in [6.07, 6.45) is -0.959. The molecule has 1 aliphatic rings. The molecule has 7 heteroatoms. The Morgan fingerprint density at radius 1 is 1.36 bits per heavy atom. The summed E-state index contributed by atoms with van der Waals surface area (Å²) in [6, 6.07) is 4.20. The molecule has 0 spiro atoms. The first-order valence-corrected chi connectivity index (χ1v) is 7.57. The lowest BCUT2D eigenvalue weighted by Gasteiger charge is -2.34. The van der Waals surface area contributed by atoms with Crippen LogP contribution < -0.4 is 5.32 Å². The molecule has 1 saturated heterocycles. The van der Waals surface area contributed by atoms with Crippen molar-refractivity contribution in [2.45, 2.75) is 31.1 Å². The molecule has 0 bridgehead atoms. The quantitative estimate of drug-likeness (QED) is 0.873. The van der Waals surface area contributed by atoms with E-state index in [1.807, 2.05) is 26.2 Å². The maximum absolute atomic E-state index is 12.4. The molecule has 0 saturated carbocycles. The molecule has 0 aromatic carbocycles. The summed E-state index contributed by atoms with van der Waals surface area (Å²) < 4.78 is 42.5. The monoisotopic (exact) mass is 319 g/mol. The predicted molar refractivity (Wildman–Crippen MR) is 78.7 cm³/mol. The van der Waals surface area contributed by atoms with E-state index in [2.05, 4.69) is 10.2 Å². The average Bonchev–Trinajstić information content (AvgIpc) is 2.92. The van der Waals surface area contributed by atoms with E-state index in [1.54, 1.807) is 6.26 Å². The highest BCUT2D eigenvalue weighted by atomic mass is 19.4. The van der Waals surface area contributed by atoms with Gasteiger partial charge in [-0.3, -0.25) is 9.80 Å². The molecular formula is C15H24F3N3O. The van der Waals surface area contributed by atoms with Crippen LogP contribution in [0.25, 0.3) is 0 Å². The Morgan fingerprint density at radius 3 is 2.55 bits per heavy atom. The summed E-state index contributed by atoms with van der Waals surface area (Å²) in [4.78, 5) is 3.55. The summed E-state index contributed by atoms with van der Waals surface area (Å²) >= 11 is 0. The molecule has 0 aliphatic carbocycles. The van der Waals surface area contributed by atoms with E-state index in [0.717, 1.165) is 25.1 Å². The van der Waals surface area contributed by atoms with Gasteiger partial charge in [0.05, 0.1) is 18.8 Å². The third kappa shape index (κ3) is 5.30. The van der Waals surface area contributed by atoms with Gasteiger partial charge in [-0.05, 0) is 52.2 Å². The smallest absolute Gasteiger partial charge is 0.401 e. The van der Waals surface area contributed by atoms with E-state index in [4.69, 9.17) is 4.42 Å². The van der Waals surface area contributed by atoms with Crippen LogP contribution in [-0.4, -0.2) is 62.3 Å². The van der Waals surface area contributed by atoms with Gasteiger partial charge in [-0.1, -0.05) is 0 Å². The topological polar surface area (TPSA) is 31.6 Å². The van der Waals surface area contributed by atoms with Crippen LogP contribution in [-0.2, 0) is 0 Å². The van der Waals surface area contributed by atoms with E-state index < -0.39 is 12.7 Å². The molecule has 2 rings (SSSR count). The van der Waals surface area contributed by atoms with Crippen molar-refractivity contribution < 1.29 is 17.6 Å². The second-order valence-corrected chi connectivity index (χ2v) is 6.07. The normalized spacial score (nSPS) is 19.7. The van der Waals surface area contributed by atoms with E-state index in [1.165, 1.54) is 4.90 Å². The van der Waals surface area contributed by atoms with Crippen LogP contribution in [0.3, 0.4) is 0 Å². The Labute approximate surface area is 129 Å². The molecule has 22 heavy (non-hydrogen) atoms. The standard InChI is InChI=1S/C15H24F3N3O/c1-20(2)13(14-4-3-9-22-14)10-19-12-5-7-21(8-6-12)11-15(16,17)18/h3-4,9,12-13,19H,5-8,10-11H2,1-2H3. The first kappa shape index (κ1) is 17.3. The second-order valence-electron chi connectivity index (χ2n) is 6.07. The van der Waals surface area contributed by atoms with Crippen molar-refractivity contribution in [2.24, 2.45) is 0 Å². The minimum absolute atomic E-state index is 0.128.